The fourth-order valence-corrected chi connectivity index (χ4v) is 2.44. The number of hydrogen-bond acceptors (Lipinski definition) is 4. The van der Waals surface area contributed by atoms with Gasteiger partial charge in [0.15, 0.2) is 0 Å². The molecule has 0 saturated carbocycles. The molecule has 0 radical (unpaired) electrons. The molecule has 0 aliphatic heterocycles. The molecular weight excluding hydrogens is 314 g/mol. The van der Waals surface area contributed by atoms with Crippen molar-refractivity contribution in [1.29, 1.82) is 0 Å². The van der Waals surface area contributed by atoms with E-state index in [2.05, 4.69) is 5.16 Å². The van der Waals surface area contributed by atoms with Crippen LogP contribution in [0.25, 0.3) is 22.4 Å². The summed E-state index contributed by atoms with van der Waals surface area (Å²) in [5, 5.41) is 4.69. The number of hydrogen-bond donors (Lipinski definition) is 0. The molecule has 0 saturated heterocycles. The first-order chi connectivity index (χ1) is 11.1. The predicted octanol–water partition coefficient (Wildman–Crippen LogP) is 4.76. The number of ether oxygens (including phenoxy) is 1. The van der Waals surface area contributed by atoms with E-state index >= 15 is 0 Å². The lowest BCUT2D eigenvalue weighted by atomic mass is 9.98. The van der Waals surface area contributed by atoms with E-state index < -0.39 is 5.97 Å². The first-order valence-corrected chi connectivity index (χ1v) is 7.39. The molecule has 0 N–H and O–H groups in total. The highest BCUT2D eigenvalue weighted by Crippen LogP contribution is 2.35. The van der Waals surface area contributed by atoms with Gasteiger partial charge in [-0.25, -0.2) is 4.79 Å². The number of aryl methyl sites for hydroxylation is 1. The van der Waals surface area contributed by atoms with E-state index in [1.165, 1.54) is 7.11 Å². The van der Waals surface area contributed by atoms with Crippen molar-refractivity contribution in [2.24, 2.45) is 0 Å². The third kappa shape index (κ3) is 2.98. The molecule has 0 atom stereocenters. The van der Waals surface area contributed by atoms with Gasteiger partial charge in [0.2, 0.25) is 0 Å². The minimum absolute atomic E-state index is 0.0744. The Hall–Kier alpha value is -2.59. The second kappa shape index (κ2) is 6.26. The van der Waals surface area contributed by atoms with Gasteiger partial charge in [0, 0.05) is 10.6 Å². The van der Waals surface area contributed by atoms with Crippen molar-refractivity contribution < 1.29 is 14.1 Å². The first kappa shape index (κ1) is 15.3. The van der Waals surface area contributed by atoms with Crippen molar-refractivity contribution in [3.63, 3.8) is 0 Å². The zero-order valence-electron chi connectivity index (χ0n) is 12.7. The Balaban J connectivity index is 2.20. The van der Waals surface area contributed by atoms with Crippen molar-refractivity contribution in [3.05, 3.63) is 64.9 Å². The van der Waals surface area contributed by atoms with Crippen LogP contribution in [-0.2, 0) is 4.74 Å². The van der Waals surface area contributed by atoms with Crippen LogP contribution in [0, 0.1) is 6.92 Å². The molecule has 0 unspecified atom stereocenters. The van der Waals surface area contributed by atoms with E-state index in [9.17, 15) is 4.79 Å². The summed E-state index contributed by atoms with van der Waals surface area (Å²) in [5.41, 5.74) is 3.97. The minimum atomic E-state index is -0.569. The number of halogens is 1. The van der Waals surface area contributed by atoms with E-state index in [0.717, 1.165) is 16.7 Å². The summed E-state index contributed by atoms with van der Waals surface area (Å²) in [6, 6.07) is 15.0. The Bertz CT molecular complexity index is 836. The molecular formula is C18H14ClNO3. The summed E-state index contributed by atoms with van der Waals surface area (Å²) < 4.78 is 10.1. The van der Waals surface area contributed by atoms with Crippen LogP contribution in [0.4, 0.5) is 0 Å². The molecule has 5 heteroatoms. The first-order valence-electron chi connectivity index (χ1n) is 7.01. The monoisotopic (exact) mass is 327 g/mol. The highest BCUT2D eigenvalue weighted by molar-refractivity contribution is 6.30. The summed E-state index contributed by atoms with van der Waals surface area (Å²) in [4.78, 5) is 12.0. The Labute approximate surface area is 138 Å². The van der Waals surface area contributed by atoms with Crippen LogP contribution in [0.15, 0.2) is 53.1 Å². The number of aromatic nitrogens is 1. The van der Waals surface area contributed by atoms with Gasteiger partial charge in [0.05, 0.1) is 12.7 Å². The van der Waals surface area contributed by atoms with Crippen molar-refractivity contribution in [3.8, 4) is 22.4 Å². The number of nitrogens with zero attached hydrogens (tertiary/aromatic N) is 1. The SMILES string of the molecule is COC(=O)c1onc(-c2ccc(C)cc2)c1-c1ccc(Cl)cc1. The normalized spacial score (nSPS) is 10.6. The molecule has 0 amide bonds. The summed E-state index contributed by atoms with van der Waals surface area (Å²) in [6.45, 7) is 2.01. The Morgan fingerprint density at radius 2 is 1.65 bits per heavy atom. The Morgan fingerprint density at radius 1 is 1.04 bits per heavy atom. The zero-order chi connectivity index (χ0) is 16.4. The fraction of sp³-hybridized carbons (Fsp3) is 0.111. The van der Waals surface area contributed by atoms with Gasteiger partial charge in [-0.2, -0.15) is 0 Å². The highest BCUT2D eigenvalue weighted by atomic mass is 35.5. The predicted molar refractivity (Wildman–Crippen MR) is 88.5 cm³/mol. The van der Waals surface area contributed by atoms with Gasteiger partial charge >= 0.3 is 5.97 Å². The number of carbonyl (C=O) groups excluding carboxylic acids is 1. The lowest BCUT2D eigenvalue weighted by molar-refractivity contribution is 0.0556. The Kier molecular flexibility index (Phi) is 4.17. The van der Waals surface area contributed by atoms with Crippen LogP contribution >= 0.6 is 11.6 Å². The van der Waals surface area contributed by atoms with Crippen LogP contribution in [-0.4, -0.2) is 18.2 Å². The zero-order valence-corrected chi connectivity index (χ0v) is 13.4. The van der Waals surface area contributed by atoms with Crippen molar-refractivity contribution >= 4 is 17.6 Å². The quantitative estimate of drug-likeness (QED) is 0.651. The van der Waals surface area contributed by atoms with Gasteiger partial charge in [-0.05, 0) is 24.6 Å². The summed E-state index contributed by atoms with van der Waals surface area (Å²) >= 11 is 5.95. The van der Waals surface area contributed by atoms with Gasteiger partial charge in [-0.3, -0.25) is 0 Å². The van der Waals surface area contributed by atoms with Gasteiger partial charge < -0.3 is 9.26 Å². The summed E-state index contributed by atoms with van der Waals surface area (Å²) in [5.74, 6) is -0.494. The standard InChI is InChI=1S/C18H14ClNO3/c1-11-3-5-13(6-4-11)16-15(12-7-9-14(19)10-8-12)17(23-20-16)18(21)22-2/h3-10H,1-2H3. The van der Waals surface area contributed by atoms with Gasteiger partial charge in [0.25, 0.3) is 5.76 Å². The Morgan fingerprint density at radius 3 is 2.26 bits per heavy atom. The number of rotatable bonds is 3. The summed E-state index contributed by atoms with van der Waals surface area (Å²) in [7, 11) is 1.31. The van der Waals surface area contributed by atoms with E-state index in [-0.39, 0.29) is 5.76 Å². The molecule has 23 heavy (non-hydrogen) atoms. The smallest absolute Gasteiger partial charge is 0.377 e. The molecule has 3 aromatic rings. The van der Waals surface area contributed by atoms with Crippen molar-refractivity contribution in [2.45, 2.75) is 6.92 Å². The van der Waals surface area contributed by atoms with Gasteiger partial charge in [-0.1, -0.05) is 58.7 Å². The van der Waals surface area contributed by atoms with Crippen LogP contribution in [0.5, 0.6) is 0 Å². The average molecular weight is 328 g/mol. The average Bonchev–Trinajstić information content (AvgIpc) is 3.00. The number of benzene rings is 2. The van der Waals surface area contributed by atoms with Gasteiger partial charge in [0.1, 0.15) is 5.69 Å². The molecule has 3 rings (SSSR count). The molecule has 4 nitrogen and oxygen atoms in total. The maximum absolute atomic E-state index is 12.0. The van der Waals surface area contributed by atoms with Gasteiger partial charge in [-0.15, -0.1) is 0 Å². The highest BCUT2D eigenvalue weighted by Gasteiger charge is 2.25. The van der Waals surface area contributed by atoms with Crippen molar-refractivity contribution in [2.75, 3.05) is 7.11 Å². The third-order valence-electron chi connectivity index (χ3n) is 3.52. The number of esters is 1. The second-order valence-corrected chi connectivity index (χ2v) is 5.54. The topological polar surface area (TPSA) is 52.3 Å². The largest absolute Gasteiger partial charge is 0.463 e. The molecule has 1 heterocycles. The molecule has 1 aromatic heterocycles. The molecule has 0 bridgehead atoms. The number of carbonyl (C=O) groups is 1. The maximum atomic E-state index is 12.0. The fourth-order valence-electron chi connectivity index (χ4n) is 2.31. The number of methoxy groups -OCH3 is 1. The van der Waals surface area contributed by atoms with E-state index in [4.69, 9.17) is 20.9 Å². The van der Waals surface area contributed by atoms with E-state index in [0.29, 0.717) is 16.3 Å². The molecule has 0 aliphatic carbocycles. The summed E-state index contributed by atoms with van der Waals surface area (Å²) in [6.07, 6.45) is 0. The molecule has 0 fully saturated rings. The van der Waals surface area contributed by atoms with Crippen LogP contribution in [0.2, 0.25) is 5.02 Å². The molecule has 0 spiro atoms. The van der Waals surface area contributed by atoms with E-state index in [1.54, 1.807) is 12.1 Å². The third-order valence-corrected chi connectivity index (χ3v) is 3.77. The lowest BCUT2D eigenvalue weighted by Crippen LogP contribution is -2.01. The van der Waals surface area contributed by atoms with Crippen LogP contribution in [0.3, 0.4) is 0 Å². The van der Waals surface area contributed by atoms with Crippen LogP contribution in [0.1, 0.15) is 16.1 Å². The molecule has 116 valence electrons. The molecule has 2 aromatic carbocycles. The second-order valence-electron chi connectivity index (χ2n) is 5.10. The molecule has 0 aliphatic rings. The minimum Gasteiger partial charge on any atom is -0.463 e. The lowest BCUT2D eigenvalue weighted by Gasteiger charge is -2.05. The van der Waals surface area contributed by atoms with E-state index in [1.807, 2.05) is 43.3 Å². The van der Waals surface area contributed by atoms with Crippen molar-refractivity contribution in [1.82, 2.24) is 5.16 Å². The van der Waals surface area contributed by atoms with Crippen LogP contribution < -0.4 is 0 Å². The maximum Gasteiger partial charge on any atom is 0.377 e.